The van der Waals surface area contributed by atoms with E-state index in [1.54, 1.807) is 7.11 Å². The number of rotatable bonds is 6. The molecule has 0 spiro atoms. The Morgan fingerprint density at radius 3 is 3.13 bits per heavy atom. The summed E-state index contributed by atoms with van der Waals surface area (Å²) in [5.41, 5.74) is 1.06. The van der Waals surface area contributed by atoms with E-state index in [4.69, 9.17) is 9.26 Å². The first-order valence-corrected chi connectivity index (χ1v) is 7.92. The fourth-order valence-electron chi connectivity index (χ4n) is 2.84. The van der Waals surface area contributed by atoms with Crippen molar-refractivity contribution in [3.05, 3.63) is 36.1 Å². The van der Waals surface area contributed by atoms with Crippen molar-refractivity contribution in [3.8, 4) is 17.0 Å². The van der Waals surface area contributed by atoms with E-state index in [0.717, 1.165) is 42.2 Å². The van der Waals surface area contributed by atoms with Crippen molar-refractivity contribution < 1.29 is 14.4 Å². The van der Waals surface area contributed by atoms with Crippen molar-refractivity contribution in [2.45, 2.75) is 25.0 Å². The van der Waals surface area contributed by atoms with Crippen LogP contribution < -0.4 is 15.4 Å². The highest BCUT2D eigenvalue weighted by Crippen LogP contribution is 2.23. The van der Waals surface area contributed by atoms with Gasteiger partial charge in [-0.1, -0.05) is 17.3 Å². The summed E-state index contributed by atoms with van der Waals surface area (Å²) in [6.45, 7) is 2.69. The molecular formula is C17H23N3O3. The van der Waals surface area contributed by atoms with Gasteiger partial charge in [-0.05, 0) is 31.5 Å². The molecule has 1 saturated heterocycles. The molecule has 2 heterocycles. The Balaban J connectivity index is 1.56. The summed E-state index contributed by atoms with van der Waals surface area (Å²) in [6.07, 6.45) is 1.82. The standard InChI is InChI=1S/C17H23N3O3/c1-22-14-5-2-4-13(8-14)16-9-15(23-20-16)10-19-12-17(21)6-3-7-18-11-17/h2,4-5,8-9,18-19,21H,3,6-7,10-12H2,1H3. The Bertz CT molecular complexity index is 636. The van der Waals surface area contributed by atoms with Crippen LogP contribution >= 0.6 is 0 Å². The molecule has 1 unspecified atom stereocenters. The summed E-state index contributed by atoms with van der Waals surface area (Å²) in [6, 6.07) is 9.61. The molecule has 0 amide bonds. The Hall–Kier alpha value is -1.89. The van der Waals surface area contributed by atoms with Gasteiger partial charge in [0.2, 0.25) is 0 Å². The van der Waals surface area contributed by atoms with Gasteiger partial charge in [-0.25, -0.2) is 0 Å². The molecule has 6 heteroatoms. The number of hydrogen-bond acceptors (Lipinski definition) is 6. The molecule has 23 heavy (non-hydrogen) atoms. The Morgan fingerprint density at radius 2 is 2.35 bits per heavy atom. The van der Waals surface area contributed by atoms with Crippen LogP contribution in [0.4, 0.5) is 0 Å². The number of aromatic nitrogens is 1. The Kier molecular flexibility index (Phi) is 4.95. The molecule has 3 rings (SSSR count). The van der Waals surface area contributed by atoms with Gasteiger partial charge in [0.05, 0.1) is 19.3 Å². The number of ether oxygens (including phenoxy) is 1. The molecule has 0 saturated carbocycles. The van der Waals surface area contributed by atoms with Crippen molar-refractivity contribution in [2.24, 2.45) is 0 Å². The minimum atomic E-state index is -0.673. The molecule has 3 N–H and O–H groups in total. The second-order valence-corrected chi connectivity index (χ2v) is 6.02. The van der Waals surface area contributed by atoms with Crippen molar-refractivity contribution in [1.82, 2.24) is 15.8 Å². The van der Waals surface area contributed by atoms with Crippen LogP contribution in [0.3, 0.4) is 0 Å². The third-order valence-corrected chi connectivity index (χ3v) is 4.13. The molecule has 1 aliphatic heterocycles. The summed E-state index contributed by atoms with van der Waals surface area (Å²) in [7, 11) is 1.64. The summed E-state index contributed by atoms with van der Waals surface area (Å²) < 4.78 is 10.6. The lowest BCUT2D eigenvalue weighted by Gasteiger charge is -2.32. The minimum Gasteiger partial charge on any atom is -0.497 e. The van der Waals surface area contributed by atoms with E-state index in [0.29, 0.717) is 19.6 Å². The van der Waals surface area contributed by atoms with E-state index in [-0.39, 0.29) is 0 Å². The van der Waals surface area contributed by atoms with Gasteiger partial charge in [0.15, 0.2) is 5.76 Å². The molecule has 0 radical (unpaired) electrons. The number of nitrogens with zero attached hydrogens (tertiary/aromatic N) is 1. The lowest BCUT2D eigenvalue weighted by molar-refractivity contribution is 0.0165. The van der Waals surface area contributed by atoms with E-state index in [2.05, 4.69) is 15.8 Å². The van der Waals surface area contributed by atoms with Crippen LogP contribution in [0.5, 0.6) is 5.75 Å². The second kappa shape index (κ2) is 7.12. The monoisotopic (exact) mass is 317 g/mol. The van der Waals surface area contributed by atoms with Gasteiger partial charge >= 0.3 is 0 Å². The number of aliphatic hydroxyl groups is 1. The smallest absolute Gasteiger partial charge is 0.151 e. The Morgan fingerprint density at radius 1 is 1.43 bits per heavy atom. The maximum Gasteiger partial charge on any atom is 0.151 e. The SMILES string of the molecule is COc1cccc(-c2cc(CNCC3(O)CCCNC3)on2)c1. The second-order valence-electron chi connectivity index (χ2n) is 6.02. The van der Waals surface area contributed by atoms with E-state index in [1.807, 2.05) is 30.3 Å². The van der Waals surface area contributed by atoms with Crippen molar-refractivity contribution >= 4 is 0 Å². The molecule has 1 aromatic carbocycles. The van der Waals surface area contributed by atoms with Crippen LogP contribution in [0, 0.1) is 0 Å². The average Bonchev–Trinajstić information content (AvgIpc) is 3.04. The zero-order chi connectivity index (χ0) is 16.1. The largest absolute Gasteiger partial charge is 0.497 e. The first-order valence-electron chi connectivity index (χ1n) is 7.92. The molecule has 0 bridgehead atoms. The predicted molar refractivity (Wildman–Crippen MR) is 87.3 cm³/mol. The summed E-state index contributed by atoms with van der Waals surface area (Å²) in [5.74, 6) is 1.53. The van der Waals surface area contributed by atoms with Gasteiger partial charge < -0.3 is 25.0 Å². The van der Waals surface area contributed by atoms with Gasteiger partial charge in [-0.2, -0.15) is 0 Å². The minimum absolute atomic E-state index is 0.537. The fourth-order valence-corrected chi connectivity index (χ4v) is 2.84. The third-order valence-electron chi connectivity index (χ3n) is 4.13. The quantitative estimate of drug-likeness (QED) is 0.750. The van der Waals surface area contributed by atoms with Crippen LogP contribution in [0.2, 0.25) is 0 Å². The highest BCUT2D eigenvalue weighted by Gasteiger charge is 2.28. The van der Waals surface area contributed by atoms with Crippen molar-refractivity contribution in [1.29, 1.82) is 0 Å². The first kappa shape index (κ1) is 16.0. The summed E-state index contributed by atoms with van der Waals surface area (Å²) in [5, 5.41) is 21.0. The fraction of sp³-hybridized carbons (Fsp3) is 0.471. The molecule has 1 aliphatic rings. The number of methoxy groups -OCH3 is 1. The number of piperidine rings is 1. The van der Waals surface area contributed by atoms with Gasteiger partial charge in [-0.15, -0.1) is 0 Å². The van der Waals surface area contributed by atoms with E-state index in [9.17, 15) is 5.11 Å². The normalized spacial score (nSPS) is 21.3. The highest BCUT2D eigenvalue weighted by atomic mass is 16.5. The predicted octanol–water partition coefficient (Wildman–Crippen LogP) is 1.55. The van der Waals surface area contributed by atoms with Crippen LogP contribution in [-0.2, 0) is 6.54 Å². The van der Waals surface area contributed by atoms with Gasteiger partial charge in [0.25, 0.3) is 0 Å². The zero-order valence-electron chi connectivity index (χ0n) is 13.3. The average molecular weight is 317 g/mol. The number of hydrogen-bond donors (Lipinski definition) is 3. The first-order chi connectivity index (χ1) is 11.2. The highest BCUT2D eigenvalue weighted by molar-refractivity contribution is 5.60. The van der Waals surface area contributed by atoms with Crippen LogP contribution in [0.1, 0.15) is 18.6 Å². The lowest BCUT2D eigenvalue weighted by Crippen LogP contribution is -2.51. The van der Waals surface area contributed by atoms with Gasteiger partial charge in [0.1, 0.15) is 11.4 Å². The van der Waals surface area contributed by atoms with Crippen LogP contribution in [-0.4, -0.2) is 42.6 Å². The maximum absolute atomic E-state index is 10.4. The molecular weight excluding hydrogens is 294 g/mol. The summed E-state index contributed by atoms with van der Waals surface area (Å²) >= 11 is 0. The zero-order valence-corrected chi connectivity index (χ0v) is 13.3. The van der Waals surface area contributed by atoms with Gasteiger partial charge in [-0.3, -0.25) is 0 Å². The topological polar surface area (TPSA) is 79.5 Å². The van der Waals surface area contributed by atoms with E-state index >= 15 is 0 Å². The van der Waals surface area contributed by atoms with Crippen LogP contribution in [0.15, 0.2) is 34.9 Å². The van der Waals surface area contributed by atoms with Crippen LogP contribution in [0.25, 0.3) is 11.3 Å². The third kappa shape index (κ3) is 4.10. The molecule has 2 aromatic rings. The van der Waals surface area contributed by atoms with E-state index < -0.39 is 5.60 Å². The summed E-state index contributed by atoms with van der Waals surface area (Å²) in [4.78, 5) is 0. The van der Waals surface area contributed by atoms with Gasteiger partial charge in [0, 0.05) is 24.7 Å². The molecule has 6 nitrogen and oxygen atoms in total. The van der Waals surface area contributed by atoms with E-state index in [1.165, 1.54) is 0 Å². The number of β-amino-alcohol motifs (C(OH)–C–C–N with tert-alkyl or cyclic N) is 1. The lowest BCUT2D eigenvalue weighted by atomic mass is 9.94. The molecule has 1 fully saturated rings. The molecule has 1 atom stereocenters. The number of benzene rings is 1. The Labute approximate surface area is 135 Å². The number of nitrogens with one attached hydrogen (secondary N) is 2. The van der Waals surface area contributed by atoms with Crippen molar-refractivity contribution in [2.75, 3.05) is 26.7 Å². The molecule has 0 aliphatic carbocycles. The molecule has 1 aromatic heterocycles. The molecule has 124 valence electrons. The maximum atomic E-state index is 10.4. The van der Waals surface area contributed by atoms with Crippen molar-refractivity contribution in [3.63, 3.8) is 0 Å².